The highest BCUT2D eigenvalue weighted by Gasteiger charge is 2.23. The fourth-order valence-corrected chi connectivity index (χ4v) is 4.79. The molecule has 0 aliphatic carbocycles. The van der Waals surface area contributed by atoms with Crippen LogP contribution in [0.5, 0.6) is 11.5 Å². The first-order chi connectivity index (χ1) is 21.8. The van der Waals surface area contributed by atoms with E-state index in [0.29, 0.717) is 32.6 Å². The molecule has 0 aliphatic heterocycles. The van der Waals surface area contributed by atoms with Gasteiger partial charge in [0.2, 0.25) is 11.6 Å². The highest BCUT2D eigenvalue weighted by molar-refractivity contribution is 6.31. The van der Waals surface area contributed by atoms with Crippen molar-refractivity contribution in [3.05, 3.63) is 122 Å². The Balaban J connectivity index is 1.37. The number of nitro benzene ring substituents is 1. The van der Waals surface area contributed by atoms with Gasteiger partial charge in [0.05, 0.1) is 29.2 Å². The maximum Gasteiger partial charge on any atom is 0.315 e. The largest absolute Gasteiger partial charge is 0.493 e. The number of para-hydroxylation sites is 2. The fourth-order valence-electron chi connectivity index (χ4n) is 4.61. The maximum atomic E-state index is 13.6. The van der Waals surface area contributed by atoms with E-state index in [1.807, 2.05) is 0 Å². The molecule has 6 aromatic rings. The minimum Gasteiger partial charge on any atom is -0.493 e. The van der Waals surface area contributed by atoms with Crippen molar-refractivity contribution in [1.29, 1.82) is 0 Å². The molecule has 45 heavy (non-hydrogen) atoms. The van der Waals surface area contributed by atoms with Crippen molar-refractivity contribution in [3.8, 4) is 23.1 Å². The number of nitrogens with zero attached hydrogens (tertiary/aromatic N) is 4. The number of rotatable bonds is 9. The van der Waals surface area contributed by atoms with Crippen molar-refractivity contribution in [3.63, 3.8) is 0 Å². The van der Waals surface area contributed by atoms with Crippen LogP contribution in [-0.2, 0) is 4.79 Å². The lowest BCUT2D eigenvalue weighted by atomic mass is 10.2. The van der Waals surface area contributed by atoms with E-state index < -0.39 is 28.7 Å². The number of carbonyl (C=O) groups excluding carboxylic acids is 1. The molecule has 0 bridgehead atoms. The van der Waals surface area contributed by atoms with Gasteiger partial charge in [0, 0.05) is 27.7 Å². The Morgan fingerprint density at radius 3 is 2.64 bits per heavy atom. The number of ether oxygens (including phenoxy) is 2. The van der Waals surface area contributed by atoms with Gasteiger partial charge in [-0.05, 0) is 54.6 Å². The normalized spacial score (nSPS) is 11.2. The van der Waals surface area contributed by atoms with Crippen LogP contribution < -0.4 is 20.3 Å². The van der Waals surface area contributed by atoms with Crippen molar-refractivity contribution < 1.29 is 23.6 Å². The van der Waals surface area contributed by atoms with Gasteiger partial charge in [-0.15, -0.1) is 0 Å². The molecule has 0 saturated heterocycles. The zero-order valence-corrected chi connectivity index (χ0v) is 24.2. The summed E-state index contributed by atoms with van der Waals surface area (Å²) in [5, 5.41) is 20.6. The third-order valence-electron chi connectivity index (χ3n) is 6.65. The fraction of sp³-hybridized carbons (Fsp3) is 0.0625. The van der Waals surface area contributed by atoms with Crippen LogP contribution in [0.2, 0.25) is 5.02 Å². The Morgan fingerprint density at radius 1 is 1.09 bits per heavy atom. The Kier molecular flexibility index (Phi) is 7.95. The summed E-state index contributed by atoms with van der Waals surface area (Å²) in [7, 11) is 1.31. The number of fused-ring (bicyclic) bond motifs is 2. The molecule has 6 rings (SSSR count). The van der Waals surface area contributed by atoms with Crippen molar-refractivity contribution in [2.24, 2.45) is 5.10 Å². The van der Waals surface area contributed by atoms with E-state index in [4.69, 9.17) is 25.5 Å². The average Bonchev–Trinajstić information content (AvgIpc) is 3.46. The summed E-state index contributed by atoms with van der Waals surface area (Å²) in [5.74, 6) is -0.418. The number of anilines is 1. The number of nitro groups is 1. The first-order valence-electron chi connectivity index (χ1n) is 13.4. The third-order valence-corrected chi connectivity index (χ3v) is 6.89. The number of halogens is 1. The molecule has 0 saturated carbocycles. The van der Waals surface area contributed by atoms with Crippen molar-refractivity contribution >= 4 is 57.0 Å². The molecule has 2 heterocycles. The Labute approximate surface area is 259 Å². The summed E-state index contributed by atoms with van der Waals surface area (Å²) in [6.07, 6.45) is 1.25. The monoisotopic (exact) mass is 623 g/mol. The molecule has 1 N–H and O–H groups in total. The zero-order chi connectivity index (χ0) is 31.5. The molecule has 0 unspecified atom stereocenters. The second-order valence-electron chi connectivity index (χ2n) is 9.64. The van der Waals surface area contributed by atoms with E-state index in [2.05, 4.69) is 15.4 Å². The van der Waals surface area contributed by atoms with Crippen LogP contribution in [0.4, 0.5) is 11.4 Å². The van der Waals surface area contributed by atoms with Crippen molar-refractivity contribution in [2.75, 3.05) is 19.0 Å². The van der Waals surface area contributed by atoms with Crippen LogP contribution in [-0.4, -0.2) is 40.4 Å². The molecule has 13 heteroatoms. The lowest BCUT2D eigenvalue weighted by molar-refractivity contribution is -0.385. The van der Waals surface area contributed by atoms with Crippen LogP contribution in [0.15, 0.2) is 105 Å². The topological polar surface area (TPSA) is 151 Å². The van der Waals surface area contributed by atoms with Crippen molar-refractivity contribution in [1.82, 2.24) is 9.66 Å². The Morgan fingerprint density at radius 2 is 1.87 bits per heavy atom. The van der Waals surface area contributed by atoms with Gasteiger partial charge in [-0.25, -0.2) is 4.98 Å². The van der Waals surface area contributed by atoms with E-state index >= 15 is 0 Å². The third kappa shape index (κ3) is 6.08. The second kappa shape index (κ2) is 12.3. The summed E-state index contributed by atoms with van der Waals surface area (Å²) in [6.45, 7) is -0.510. The van der Waals surface area contributed by atoms with Crippen LogP contribution in [0.1, 0.15) is 5.56 Å². The second-order valence-corrected chi connectivity index (χ2v) is 10.1. The Hall–Kier alpha value is -6.01. The molecule has 0 radical (unpaired) electrons. The number of hydrogen-bond donors (Lipinski definition) is 1. The van der Waals surface area contributed by atoms with E-state index in [0.717, 1.165) is 4.68 Å². The van der Waals surface area contributed by atoms with Crippen LogP contribution in [0.3, 0.4) is 0 Å². The molecule has 0 aliphatic rings. The lowest BCUT2D eigenvalue weighted by Gasteiger charge is -2.12. The van der Waals surface area contributed by atoms with Gasteiger partial charge in [-0.1, -0.05) is 41.9 Å². The van der Waals surface area contributed by atoms with Crippen LogP contribution >= 0.6 is 11.6 Å². The number of amides is 1. The highest BCUT2D eigenvalue weighted by atomic mass is 35.5. The van der Waals surface area contributed by atoms with Gasteiger partial charge < -0.3 is 19.2 Å². The predicted molar refractivity (Wildman–Crippen MR) is 169 cm³/mol. The number of aromatic nitrogens is 2. The van der Waals surface area contributed by atoms with E-state index in [1.165, 1.54) is 25.5 Å². The molecule has 12 nitrogen and oxygen atoms in total. The van der Waals surface area contributed by atoms with E-state index in [1.54, 1.807) is 78.9 Å². The summed E-state index contributed by atoms with van der Waals surface area (Å²) in [6, 6.07) is 24.9. The molecule has 0 fully saturated rings. The standard InChI is InChI=1S/C32H22ClN5O7/c1-43-27-14-19(13-25(38(41)42)30(27)44-18-29(39)35-22-7-3-2-4-8-22)17-34-37-31(36-24-10-6-5-9-23(24)32(37)40)28-16-20-15-21(33)11-12-26(20)45-28/h2-17H,18H2,1H3,(H,35,39). The quantitative estimate of drug-likeness (QED) is 0.112. The Bertz CT molecular complexity index is 2180. The first-order valence-corrected chi connectivity index (χ1v) is 13.8. The summed E-state index contributed by atoms with van der Waals surface area (Å²) in [5.41, 5.74) is 0.751. The number of nitrogens with one attached hydrogen (secondary N) is 1. The highest BCUT2D eigenvalue weighted by Crippen LogP contribution is 2.38. The number of furan rings is 1. The van der Waals surface area contributed by atoms with Gasteiger partial charge in [0.1, 0.15) is 5.58 Å². The minimum atomic E-state index is -0.668. The van der Waals surface area contributed by atoms with Crippen molar-refractivity contribution in [2.45, 2.75) is 0 Å². The summed E-state index contributed by atoms with van der Waals surface area (Å²) in [4.78, 5) is 42.0. The first kappa shape index (κ1) is 29.1. The van der Waals surface area contributed by atoms with Gasteiger partial charge in [0.25, 0.3) is 11.5 Å². The number of hydrogen-bond acceptors (Lipinski definition) is 9. The maximum absolute atomic E-state index is 13.6. The van der Waals surface area contributed by atoms with Gasteiger partial charge in [-0.2, -0.15) is 9.78 Å². The summed E-state index contributed by atoms with van der Waals surface area (Å²) < 4.78 is 17.9. The SMILES string of the molecule is COc1cc(C=Nn2c(-c3cc4cc(Cl)ccc4o3)nc3ccccc3c2=O)cc([N+](=O)[O-])c1OCC(=O)Nc1ccccc1. The molecule has 2 aromatic heterocycles. The molecule has 224 valence electrons. The molecular weight excluding hydrogens is 602 g/mol. The van der Waals surface area contributed by atoms with E-state index in [-0.39, 0.29) is 28.6 Å². The van der Waals surface area contributed by atoms with E-state index in [9.17, 15) is 19.7 Å². The molecule has 4 aromatic carbocycles. The van der Waals surface area contributed by atoms with Crippen LogP contribution in [0, 0.1) is 10.1 Å². The molecule has 0 spiro atoms. The minimum absolute atomic E-state index is 0.0171. The molecule has 0 atom stereocenters. The number of methoxy groups -OCH3 is 1. The number of carbonyl (C=O) groups is 1. The summed E-state index contributed by atoms with van der Waals surface area (Å²) >= 11 is 6.14. The average molecular weight is 624 g/mol. The molecule has 1 amide bonds. The van der Waals surface area contributed by atoms with Gasteiger partial charge in [-0.3, -0.25) is 19.7 Å². The van der Waals surface area contributed by atoms with Crippen LogP contribution in [0.25, 0.3) is 33.5 Å². The zero-order valence-electron chi connectivity index (χ0n) is 23.5. The predicted octanol–water partition coefficient (Wildman–Crippen LogP) is 6.28. The van der Waals surface area contributed by atoms with Gasteiger partial charge >= 0.3 is 5.69 Å². The lowest BCUT2D eigenvalue weighted by Crippen LogP contribution is -2.21. The smallest absolute Gasteiger partial charge is 0.315 e. The molecular formula is C32H22ClN5O7. The number of benzene rings is 4. The van der Waals surface area contributed by atoms with Gasteiger partial charge in [0.15, 0.2) is 18.1 Å².